The molecule has 1 aliphatic heterocycles. The molecule has 0 saturated carbocycles. The van der Waals surface area contributed by atoms with Gasteiger partial charge in [0.2, 0.25) is 5.89 Å². The largest absolute Gasteiger partial charge is 0.480 e. The summed E-state index contributed by atoms with van der Waals surface area (Å²) in [6.07, 6.45) is 3.58. The van der Waals surface area contributed by atoms with Crippen LogP contribution in [0.2, 0.25) is 0 Å². The number of aliphatic carboxylic acids is 1. The van der Waals surface area contributed by atoms with Crippen LogP contribution >= 0.6 is 0 Å². The molecule has 2 N–H and O–H groups in total. The van der Waals surface area contributed by atoms with Crippen LogP contribution in [0.4, 0.5) is 0 Å². The summed E-state index contributed by atoms with van der Waals surface area (Å²) in [6, 6.07) is 9.01. The second-order valence-electron chi connectivity index (χ2n) is 5.80. The van der Waals surface area contributed by atoms with Crippen molar-refractivity contribution in [2.75, 3.05) is 0 Å². The van der Waals surface area contributed by atoms with Crippen molar-refractivity contribution in [1.82, 2.24) is 19.9 Å². The molecule has 2 aromatic heterocycles. The lowest BCUT2D eigenvalue weighted by atomic mass is 10.0. The first-order valence-electron chi connectivity index (χ1n) is 7.68. The van der Waals surface area contributed by atoms with Gasteiger partial charge in [-0.25, -0.2) is 9.97 Å². The maximum Gasteiger partial charge on any atom is 0.321 e. The minimum absolute atomic E-state index is 0.386. The van der Waals surface area contributed by atoms with Gasteiger partial charge in [0.15, 0.2) is 0 Å². The fourth-order valence-electron chi connectivity index (χ4n) is 3.00. The number of aromatic amines is 1. The zero-order chi connectivity index (χ0) is 16.5. The maximum absolute atomic E-state index is 11.6. The minimum atomic E-state index is -0.851. The molecule has 0 bridgehead atoms. The number of rotatable bonds is 4. The van der Waals surface area contributed by atoms with Gasteiger partial charge in [-0.3, -0.25) is 9.69 Å². The third-order valence-electron chi connectivity index (χ3n) is 4.22. The summed E-state index contributed by atoms with van der Waals surface area (Å²) in [4.78, 5) is 25.2. The monoisotopic (exact) mass is 324 g/mol. The highest BCUT2D eigenvalue weighted by Gasteiger charge is 2.33. The molecule has 3 aromatic rings. The smallest absolute Gasteiger partial charge is 0.321 e. The number of hydrogen-bond acceptors (Lipinski definition) is 5. The second kappa shape index (κ2) is 5.93. The molecule has 24 heavy (non-hydrogen) atoms. The first-order valence-corrected chi connectivity index (χ1v) is 7.68. The highest BCUT2D eigenvalue weighted by Crippen LogP contribution is 2.24. The van der Waals surface area contributed by atoms with Crippen molar-refractivity contribution in [3.63, 3.8) is 0 Å². The Morgan fingerprint density at radius 2 is 2.21 bits per heavy atom. The van der Waals surface area contributed by atoms with Crippen LogP contribution in [0.25, 0.3) is 11.5 Å². The lowest BCUT2D eigenvalue weighted by Crippen LogP contribution is -2.45. The van der Waals surface area contributed by atoms with Gasteiger partial charge in [-0.05, 0) is 12.1 Å². The molecule has 1 aliphatic rings. The molecule has 7 heteroatoms. The van der Waals surface area contributed by atoms with Crippen LogP contribution in [-0.2, 0) is 24.3 Å². The second-order valence-corrected chi connectivity index (χ2v) is 5.80. The van der Waals surface area contributed by atoms with E-state index in [9.17, 15) is 9.90 Å². The molecule has 0 spiro atoms. The van der Waals surface area contributed by atoms with Gasteiger partial charge in [-0.2, -0.15) is 0 Å². The summed E-state index contributed by atoms with van der Waals surface area (Å²) in [5.74, 6) is -0.313. The van der Waals surface area contributed by atoms with E-state index in [-0.39, 0.29) is 0 Å². The van der Waals surface area contributed by atoms with Crippen LogP contribution in [0.3, 0.4) is 0 Å². The molecule has 0 radical (unpaired) electrons. The number of imidazole rings is 1. The number of nitrogens with one attached hydrogen (secondary N) is 1. The number of hydrogen-bond donors (Lipinski definition) is 2. The van der Waals surface area contributed by atoms with Crippen molar-refractivity contribution >= 4 is 5.97 Å². The topological polar surface area (TPSA) is 95.2 Å². The first kappa shape index (κ1) is 14.6. The van der Waals surface area contributed by atoms with E-state index in [1.807, 2.05) is 35.2 Å². The molecule has 7 nitrogen and oxygen atoms in total. The number of oxazole rings is 1. The van der Waals surface area contributed by atoms with Gasteiger partial charge < -0.3 is 14.5 Å². The predicted molar refractivity (Wildman–Crippen MR) is 84.9 cm³/mol. The summed E-state index contributed by atoms with van der Waals surface area (Å²) in [7, 11) is 0. The number of nitrogens with zero attached hydrogens (tertiary/aromatic N) is 3. The quantitative estimate of drug-likeness (QED) is 0.763. The van der Waals surface area contributed by atoms with E-state index >= 15 is 0 Å². The standard InChI is InChI=1S/C17H16N4O3/c22-17(23)15-6-13-14(19-10-18-13)8-21(15)7-12-9-24-16(20-12)11-4-2-1-3-5-11/h1-5,9-10,15H,6-8H2,(H,18,19)(H,22,23)/t15-/m0/s1. The molecule has 4 rings (SSSR count). The summed E-state index contributed by atoms with van der Waals surface area (Å²) in [5.41, 5.74) is 3.39. The Morgan fingerprint density at radius 3 is 3.00 bits per heavy atom. The van der Waals surface area contributed by atoms with E-state index in [1.54, 1.807) is 12.6 Å². The van der Waals surface area contributed by atoms with E-state index in [4.69, 9.17) is 4.42 Å². The van der Waals surface area contributed by atoms with Crippen LogP contribution in [0.15, 0.2) is 47.3 Å². The van der Waals surface area contributed by atoms with E-state index in [1.165, 1.54) is 0 Å². The molecule has 0 aliphatic carbocycles. The Hall–Kier alpha value is -2.93. The highest BCUT2D eigenvalue weighted by atomic mass is 16.4. The third-order valence-corrected chi connectivity index (χ3v) is 4.22. The van der Waals surface area contributed by atoms with Gasteiger partial charge in [0.05, 0.1) is 23.4 Å². The number of fused-ring (bicyclic) bond motifs is 1. The van der Waals surface area contributed by atoms with Crippen molar-refractivity contribution in [3.8, 4) is 11.5 Å². The van der Waals surface area contributed by atoms with E-state index in [0.29, 0.717) is 31.1 Å². The Labute approximate surface area is 138 Å². The molecular formula is C17H16N4O3. The molecule has 122 valence electrons. The number of carbonyl (C=O) groups is 1. The first-order chi connectivity index (χ1) is 11.7. The molecule has 1 atom stereocenters. The highest BCUT2D eigenvalue weighted by molar-refractivity contribution is 5.74. The summed E-state index contributed by atoms with van der Waals surface area (Å²) in [5, 5.41) is 9.51. The maximum atomic E-state index is 11.6. The third kappa shape index (κ3) is 2.69. The Kier molecular flexibility index (Phi) is 3.62. The Bertz CT molecular complexity index is 856. The predicted octanol–water partition coefficient (Wildman–Crippen LogP) is 2.08. The average molecular weight is 324 g/mol. The Balaban J connectivity index is 1.56. The zero-order valence-corrected chi connectivity index (χ0v) is 12.8. The fraction of sp³-hybridized carbons (Fsp3) is 0.235. The summed E-state index contributed by atoms with van der Waals surface area (Å²) < 4.78 is 5.54. The molecule has 3 heterocycles. The van der Waals surface area contributed by atoms with Gasteiger partial charge in [-0.1, -0.05) is 18.2 Å². The lowest BCUT2D eigenvalue weighted by Gasteiger charge is -2.31. The fourth-order valence-corrected chi connectivity index (χ4v) is 3.00. The van der Waals surface area contributed by atoms with Crippen molar-refractivity contribution < 1.29 is 14.3 Å². The van der Waals surface area contributed by atoms with Crippen molar-refractivity contribution in [1.29, 1.82) is 0 Å². The van der Waals surface area contributed by atoms with Crippen molar-refractivity contribution in [3.05, 3.63) is 60.0 Å². The van der Waals surface area contributed by atoms with Crippen molar-refractivity contribution in [2.45, 2.75) is 25.6 Å². The minimum Gasteiger partial charge on any atom is -0.480 e. The normalized spacial score (nSPS) is 17.6. The molecule has 0 fully saturated rings. The number of carboxylic acids is 1. The number of aromatic nitrogens is 3. The lowest BCUT2D eigenvalue weighted by molar-refractivity contribution is -0.144. The van der Waals surface area contributed by atoms with E-state index in [2.05, 4.69) is 15.0 Å². The Morgan fingerprint density at radius 1 is 1.38 bits per heavy atom. The van der Waals surface area contributed by atoms with Crippen LogP contribution in [0.5, 0.6) is 0 Å². The molecule has 0 unspecified atom stereocenters. The van der Waals surface area contributed by atoms with E-state index in [0.717, 1.165) is 17.0 Å². The molecule has 0 amide bonds. The molecule has 1 aromatic carbocycles. The van der Waals surface area contributed by atoms with Crippen LogP contribution in [-0.4, -0.2) is 37.0 Å². The van der Waals surface area contributed by atoms with Gasteiger partial charge in [0, 0.05) is 25.1 Å². The number of benzene rings is 1. The van der Waals surface area contributed by atoms with Crippen LogP contribution in [0.1, 0.15) is 17.1 Å². The summed E-state index contributed by atoms with van der Waals surface area (Å²) in [6.45, 7) is 0.908. The number of carboxylic acid groups (broad SMARTS) is 1. The SMILES string of the molecule is O=C(O)[C@@H]1Cc2nc[nH]c2CN1Cc1coc(-c2ccccc2)n1. The molecular weight excluding hydrogens is 308 g/mol. The summed E-state index contributed by atoms with van der Waals surface area (Å²) >= 11 is 0. The number of H-pyrrole nitrogens is 1. The van der Waals surface area contributed by atoms with Crippen LogP contribution in [0, 0.1) is 0 Å². The van der Waals surface area contributed by atoms with Crippen LogP contribution < -0.4 is 0 Å². The van der Waals surface area contributed by atoms with E-state index < -0.39 is 12.0 Å². The zero-order valence-electron chi connectivity index (χ0n) is 12.8. The van der Waals surface area contributed by atoms with Gasteiger partial charge in [0.25, 0.3) is 0 Å². The van der Waals surface area contributed by atoms with Crippen molar-refractivity contribution in [2.24, 2.45) is 0 Å². The van der Waals surface area contributed by atoms with Gasteiger partial charge in [-0.15, -0.1) is 0 Å². The van der Waals surface area contributed by atoms with Gasteiger partial charge >= 0.3 is 5.97 Å². The molecule has 0 saturated heterocycles. The average Bonchev–Trinajstić information content (AvgIpc) is 3.23. The van der Waals surface area contributed by atoms with Gasteiger partial charge in [0.1, 0.15) is 12.3 Å².